The topological polar surface area (TPSA) is 89.9 Å². The molecule has 4 rings (SSSR count). The van der Waals surface area contributed by atoms with Crippen molar-refractivity contribution in [3.05, 3.63) is 53.5 Å². The van der Waals surface area contributed by atoms with Crippen molar-refractivity contribution in [1.82, 2.24) is 19.8 Å². The molecule has 3 heterocycles. The van der Waals surface area contributed by atoms with Crippen LogP contribution in [0.2, 0.25) is 0 Å². The van der Waals surface area contributed by atoms with Crippen molar-refractivity contribution in [1.29, 1.82) is 0 Å². The van der Waals surface area contributed by atoms with E-state index in [0.29, 0.717) is 38.3 Å². The Labute approximate surface area is 176 Å². The van der Waals surface area contributed by atoms with Crippen LogP contribution in [0.4, 0.5) is 10.6 Å². The van der Waals surface area contributed by atoms with Gasteiger partial charge in [-0.3, -0.25) is 9.69 Å². The normalized spacial score (nSPS) is 18.6. The first-order chi connectivity index (χ1) is 14.5. The van der Waals surface area contributed by atoms with Gasteiger partial charge in [0, 0.05) is 31.4 Å². The summed E-state index contributed by atoms with van der Waals surface area (Å²) < 4.78 is 0. The molecule has 0 bridgehead atoms. The van der Waals surface area contributed by atoms with Crippen LogP contribution in [0.1, 0.15) is 29.8 Å². The lowest BCUT2D eigenvalue weighted by Gasteiger charge is -2.43. The lowest BCUT2D eigenvalue weighted by Crippen LogP contribution is -2.56. The molecule has 2 aromatic rings. The molecule has 2 saturated heterocycles. The van der Waals surface area contributed by atoms with Gasteiger partial charge >= 0.3 is 6.03 Å². The molecule has 158 valence electrons. The fourth-order valence-electron chi connectivity index (χ4n) is 4.48. The van der Waals surface area contributed by atoms with E-state index in [1.807, 2.05) is 50.4 Å². The number of aryl methyl sites for hydroxylation is 2. The number of piperidine rings is 1. The number of rotatable bonds is 5. The van der Waals surface area contributed by atoms with Gasteiger partial charge in [0.15, 0.2) is 0 Å². The molecule has 2 aliphatic rings. The zero-order valence-corrected chi connectivity index (χ0v) is 17.4. The van der Waals surface area contributed by atoms with Gasteiger partial charge in [0.1, 0.15) is 17.2 Å². The van der Waals surface area contributed by atoms with Crippen LogP contribution in [0.3, 0.4) is 0 Å². The molecule has 0 saturated carbocycles. The molecule has 3 amide bonds. The van der Waals surface area contributed by atoms with Gasteiger partial charge in [-0.1, -0.05) is 30.3 Å². The van der Waals surface area contributed by atoms with Crippen LogP contribution in [0, 0.1) is 13.8 Å². The van der Waals surface area contributed by atoms with E-state index < -0.39 is 5.54 Å². The number of imide groups is 1. The summed E-state index contributed by atoms with van der Waals surface area (Å²) in [5.74, 6) is 1.39. The van der Waals surface area contributed by atoms with E-state index in [-0.39, 0.29) is 25.1 Å². The number of carbonyl (C=O) groups is 2. The number of aliphatic hydroxyl groups excluding tert-OH is 1. The highest BCUT2D eigenvalue weighted by atomic mass is 16.3. The molecule has 1 N–H and O–H groups in total. The quantitative estimate of drug-likeness (QED) is 0.759. The molecule has 1 aromatic heterocycles. The maximum atomic E-state index is 13.4. The third-order valence-corrected chi connectivity index (χ3v) is 6.08. The summed E-state index contributed by atoms with van der Waals surface area (Å²) in [4.78, 5) is 40.4. The predicted molar refractivity (Wildman–Crippen MR) is 112 cm³/mol. The first-order valence-corrected chi connectivity index (χ1v) is 10.3. The van der Waals surface area contributed by atoms with E-state index in [0.717, 1.165) is 16.9 Å². The third kappa shape index (κ3) is 3.41. The van der Waals surface area contributed by atoms with Gasteiger partial charge in [-0.15, -0.1) is 0 Å². The number of hydrogen-bond acceptors (Lipinski definition) is 6. The van der Waals surface area contributed by atoms with Crippen LogP contribution in [-0.4, -0.2) is 68.6 Å². The number of aliphatic hydroxyl groups is 1. The van der Waals surface area contributed by atoms with Crippen molar-refractivity contribution in [3.63, 3.8) is 0 Å². The van der Waals surface area contributed by atoms with Crippen LogP contribution in [0.15, 0.2) is 36.5 Å². The highest BCUT2D eigenvalue weighted by Gasteiger charge is 2.57. The number of anilines is 1. The molecule has 0 radical (unpaired) electrons. The van der Waals surface area contributed by atoms with Gasteiger partial charge in [-0.2, -0.15) is 0 Å². The molecule has 2 aliphatic heterocycles. The minimum Gasteiger partial charge on any atom is -0.395 e. The fraction of sp³-hybridized carbons (Fsp3) is 0.455. The summed E-state index contributed by atoms with van der Waals surface area (Å²) in [5, 5.41) is 9.39. The number of hydrogen-bond donors (Lipinski definition) is 1. The van der Waals surface area contributed by atoms with E-state index in [2.05, 4.69) is 14.9 Å². The van der Waals surface area contributed by atoms with Crippen molar-refractivity contribution in [2.45, 2.75) is 38.8 Å². The van der Waals surface area contributed by atoms with E-state index in [9.17, 15) is 14.7 Å². The smallest absolute Gasteiger partial charge is 0.328 e. The molecule has 1 spiro atoms. The predicted octanol–water partition coefficient (Wildman–Crippen LogP) is 1.89. The second-order valence-corrected chi connectivity index (χ2v) is 7.98. The Balaban J connectivity index is 1.61. The Kier molecular flexibility index (Phi) is 5.42. The number of carbonyl (C=O) groups excluding carboxylic acids is 2. The molecule has 0 aliphatic carbocycles. The SMILES string of the molecule is Cc1ncc(C)c(N2CCC3(CC2)C(=O)N(CCO)C(=O)N3Cc2ccccc2)n1. The average molecular weight is 409 g/mol. The number of urea groups is 1. The first-order valence-electron chi connectivity index (χ1n) is 10.3. The first kappa shape index (κ1) is 20.3. The van der Waals surface area contributed by atoms with Crippen LogP contribution >= 0.6 is 0 Å². The van der Waals surface area contributed by atoms with Crippen LogP contribution in [-0.2, 0) is 11.3 Å². The number of benzene rings is 1. The third-order valence-electron chi connectivity index (χ3n) is 6.08. The standard InChI is InChI=1S/C22H27N5O3/c1-16-14-23-17(2)24-19(16)25-10-8-22(9-11-25)20(29)26(12-13-28)21(30)27(22)15-18-6-4-3-5-7-18/h3-7,14,28H,8-13,15H2,1-2H3. The summed E-state index contributed by atoms with van der Waals surface area (Å²) in [7, 11) is 0. The number of nitrogens with zero attached hydrogens (tertiary/aromatic N) is 5. The molecule has 8 heteroatoms. The van der Waals surface area contributed by atoms with Crippen LogP contribution < -0.4 is 4.90 Å². The maximum Gasteiger partial charge on any atom is 0.328 e. The molecule has 0 atom stereocenters. The Bertz CT molecular complexity index is 941. The Morgan fingerprint density at radius 3 is 2.47 bits per heavy atom. The number of amides is 3. The summed E-state index contributed by atoms with van der Waals surface area (Å²) in [6, 6.07) is 9.39. The Morgan fingerprint density at radius 2 is 1.80 bits per heavy atom. The van der Waals surface area contributed by atoms with Gasteiger partial charge in [-0.05, 0) is 32.3 Å². The highest BCUT2D eigenvalue weighted by Crippen LogP contribution is 2.39. The summed E-state index contributed by atoms with van der Waals surface area (Å²) >= 11 is 0. The minimum absolute atomic E-state index is 0.0264. The summed E-state index contributed by atoms with van der Waals surface area (Å²) in [6.07, 6.45) is 2.86. The summed E-state index contributed by atoms with van der Waals surface area (Å²) in [6.45, 7) is 5.25. The van der Waals surface area contributed by atoms with Crippen LogP contribution in [0.25, 0.3) is 0 Å². The fourth-order valence-corrected chi connectivity index (χ4v) is 4.48. The lowest BCUT2D eigenvalue weighted by atomic mass is 9.85. The van der Waals surface area contributed by atoms with Gasteiger partial charge in [0.05, 0.1) is 13.2 Å². The largest absolute Gasteiger partial charge is 0.395 e. The van der Waals surface area contributed by atoms with Crippen molar-refractivity contribution in [2.75, 3.05) is 31.1 Å². The zero-order chi connectivity index (χ0) is 21.3. The van der Waals surface area contributed by atoms with Crippen molar-refractivity contribution >= 4 is 17.8 Å². The summed E-state index contributed by atoms with van der Waals surface area (Å²) in [5.41, 5.74) is 1.09. The zero-order valence-electron chi connectivity index (χ0n) is 17.4. The molecule has 0 unspecified atom stereocenters. The molecular weight excluding hydrogens is 382 g/mol. The maximum absolute atomic E-state index is 13.4. The monoisotopic (exact) mass is 409 g/mol. The van der Waals surface area contributed by atoms with Crippen LogP contribution in [0.5, 0.6) is 0 Å². The van der Waals surface area contributed by atoms with E-state index in [1.54, 1.807) is 4.90 Å². The van der Waals surface area contributed by atoms with E-state index >= 15 is 0 Å². The van der Waals surface area contributed by atoms with Gasteiger partial charge in [0.25, 0.3) is 5.91 Å². The average Bonchev–Trinajstić information content (AvgIpc) is 2.94. The molecule has 30 heavy (non-hydrogen) atoms. The molecule has 8 nitrogen and oxygen atoms in total. The van der Waals surface area contributed by atoms with Crippen molar-refractivity contribution in [2.24, 2.45) is 0 Å². The molecule has 1 aromatic carbocycles. The number of β-amino-alcohol motifs (C(OH)–C–C–N with tert-alkyl or cyclic N) is 1. The second kappa shape index (κ2) is 8.02. The van der Waals surface area contributed by atoms with Crippen molar-refractivity contribution in [3.8, 4) is 0 Å². The minimum atomic E-state index is -0.880. The van der Waals surface area contributed by atoms with E-state index in [1.165, 1.54) is 4.90 Å². The van der Waals surface area contributed by atoms with Gasteiger partial charge in [0.2, 0.25) is 0 Å². The number of aromatic nitrogens is 2. The van der Waals surface area contributed by atoms with Gasteiger partial charge < -0.3 is 14.9 Å². The Hall–Kier alpha value is -3.00. The lowest BCUT2D eigenvalue weighted by molar-refractivity contribution is -0.134. The van der Waals surface area contributed by atoms with Crippen molar-refractivity contribution < 1.29 is 14.7 Å². The second-order valence-electron chi connectivity index (χ2n) is 7.98. The van der Waals surface area contributed by atoms with Gasteiger partial charge in [-0.25, -0.2) is 14.8 Å². The molecule has 2 fully saturated rings. The highest BCUT2D eigenvalue weighted by molar-refractivity contribution is 6.07. The molecular formula is C22H27N5O3. The van der Waals surface area contributed by atoms with E-state index in [4.69, 9.17) is 0 Å². The Morgan fingerprint density at radius 1 is 1.10 bits per heavy atom.